The molecule has 0 aromatic rings. The third kappa shape index (κ3) is 10.8. The van der Waals surface area contributed by atoms with Crippen LogP contribution in [0.15, 0.2) is 0 Å². The van der Waals surface area contributed by atoms with Crippen molar-refractivity contribution in [3.63, 3.8) is 0 Å². The Morgan fingerprint density at radius 1 is 1.25 bits per heavy atom. The molecule has 0 saturated carbocycles. The lowest BCUT2D eigenvalue weighted by Gasteiger charge is -2.24. The molecule has 0 radical (unpaired) electrons. The van der Waals surface area contributed by atoms with Gasteiger partial charge in [0.15, 0.2) is 0 Å². The molecule has 5 nitrogen and oxygen atoms in total. The van der Waals surface area contributed by atoms with Crippen molar-refractivity contribution >= 4 is 11.9 Å². The van der Waals surface area contributed by atoms with Crippen LogP contribution in [0.25, 0.3) is 0 Å². The lowest BCUT2D eigenvalue weighted by atomic mass is 9.84. The van der Waals surface area contributed by atoms with Crippen LogP contribution in [0.2, 0.25) is 0 Å². The minimum absolute atomic E-state index is 0.0165. The topological polar surface area (TPSA) is 78.4 Å². The highest BCUT2D eigenvalue weighted by Crippen LogP contribution is 2.25. The molecule has 20 heavy (non-hydrogen) atoms. The molecule has 0 saturated heterocycles. The molecule has 3 N–H and O–H groups in total. The minimum atomic E-state index is -0.754. The molecule has 0 bridgehead atoms. The Morgan fingerprint density at radius 3 is 2.45 bits per heavy atom. The van der Waals surface area contributed by atoms with Crippen LogP contribution in [0.3, 0.4) is 0 Å². The average Bonchev–Trinajstić information content (AvgIpc) is 2.33. The molecule has 0 aliphatic heterocycles. The summed E-state index contributed by atoms with van der Waals surface area (Å²) in [6.07, 6.45) is 3.77. The number of hydrogen-bond donors (Lipinski definition) is 3. The largest absolute Gasteiger partial charge is 0.481 e. The minimum Gasteiger partial charge on any atom is -0.481 e. The molecule has 0 spiro atoms. The van der Waals surface area contributed by atoms with E-state index in [0.29, 0.717) is 13.0 Å². The van der Waals surface area contributed by atoms with E-state index < -0.39 is 5.97 Å². The van der Waals surface area contributed by atoms with Crippen LogP contribution in [-0.4, -0.2) is 36.1 Å². The first-order valence-electron chi connectivity index (χ1n) is 7.48. The van der Waals surface area contributed by atoms with Crippen molar-refractivity contribution < 1.29 is 14.7 Å². The number of carbonyl (C=O) groups excluding carboxylic acids is 1. The van der Waals surface area contributed by atoms with E-state index in [1.165, 1.54) is 0 Å². The number of nitrogens with one attached hydrogen (secondary N) is 2. The van der Waals surface area contributed by atoms with Crippen molar-refractivity contribution in [1.29, 1.82) is 0 Å². The zero-order chi connectivity index (χ0) is 15.6. The fourth-order valence-corrected chi connectivity index (χ4v) is 2.03. The predicted molar refractivity (Wildman–Crippen MR) is 80.7 cm³/mol. The van der Waals surface area contributed by atoms with Gasteiger partial charge in [-0.1, -0.05) is 27.2 Å². The van der Waals surface area contributed by atoms with Gasteiger partial charge in [-0.05, 0) is 38.1 Å². The van der Waals surface area contributed by atoms with E-state index in [0.717, 1.165) is 25.8 Å². The van der Waals surface area contributed by atoms with Crippen molar-refractivity contribution in [3.05, 3.63) is 0 Å². The van der Waals surface area contributed by atoms with Crippen molar-refractivity contribution in [2.24, 2.45) is 5.41 Å². The molecule has 0 aliphatic rings. The fourth-order valence-electron chi connectivity index (χ4n) is 2.03. The molecule has 118 valence electrons. The first-order chi connectivity index (χ1) is 9.26. The maximum atomic E-state index is 11.6. The average molecular weight is 286 g/mol. The van der Waals surface area contributed by atoms with E-state index in [1.807, 2.05) is 6.92 Å². The van der Waals surface area contributed by atoms with E-state index in [9.17, 15) is 9.59 Å². The van der Waals surface area contributed by atoms with Crippen LogP contribution in [0, 0.1) is 5.41 Å². The summed E-state index contributed by atoms with van der Waals surface area (Å²) in [6, 6.07) is 0.223. The second-order valence-corrected chi connectivity index (χ2v) is 6.24. The van der Waals surface area contributed by atoms with Gasteiger partial charge in [0, 0.05) is 12.5 Å². The smallest absolute Gasteiger partial charge is 0.303 e. The molecule has 0 rings (SSSR count). The van der Waals surface area contributed by atoms with E-state index in [-0.39, 0.29) is 23.8 Å². The Hall–Kier alpha value is -1.10. The molecule has 0 fully saturated rings. The van der Waals surface area contributed by atoms with Crippen molar-refractivity contribution in [3.8, 4) is 0 Å². The maximum Gasteiger partial charge on any atom is 0.303 e. The van der Waals surface area contributed by atoms with E-state index in [2.05, 4.69) is 31.4 Å². The molecule has 0 heterocycles. The number of carboxylic acids is 1. The number of hydrogen-bond acceptors (Lipinski definition) is 3. The second-order valence-electron chi connectivity index (χ2n) is 6.24. The van der Waals surface area contributed by atoms with Gasteiger partial charge in [-0.15, -0.1) is 0 Å². The van der Waals surface area contributed by atoms with Gasteiger partial charge in [0.2, 0.25) is 5.91 Å². The lowest BCUT2D eigenvalue weighted by Crippen LogP contribution is -2.39. The highest BCUT2D eigenvalue weighted by Gasteiger charge is 2.18. The zero-order valence-corrected chi connectivity index (χ0v) is 13.3. The van der Waals surface area contributed by atoms with Crippen LogP contribution >= 0.6 is 0 Å². The summed E-state index contributed by atoms with van der Waals surface area (Å²) in [5.74, 6) is -0.732. The van der Waals surface area contributed by atoms with Gasteiger partial charge in [0.25, 0.3) is 0 Å². The second kappa shape index (κ2) is 9.75. The summed E-state index contributed by atoms with van der Waals surface area (Å²) < 4.78 is 0. The molecular formula is C15H30N2O3. The SMILES string of the molecule is CCCC(C)NC(=O)CNCCC(C)(C)CCC(=O)O. The third-order valence-electron chi connectivity index (χ3n) is 3.41. The van der Waals surface area contributed by atoms with Crippen molar-refractivity contribution in [2.45, 2.75) is 65.8 Å². The Kier molecular flexibility index (Phi) is 9.21. The van der Waals surface area contributed by atoms with E-state index >= 15 is 0 Å². The first kappa shape index (κ1) is 18.9. The summed E-state index contributed by atoms with van der Waals surface area (Å²) in [6.45, 7) is 9.27. The van der Waals surface area contributed by atoms with Gasteiger partial charge in [-0.3, -0.25) is 9.59 Å². The summed E-state index contributed by atoms with van der Waals surface area (Å²) in [7, 11) is 0. The molecule has 0 aromatic heterocycles. The standard InChI is InChI=1S/C15H30N2O3/c1-5-6-12(2)17-13(18)11-16-10-9-15(3,4)8-7-14(19)20/h12,16H,5-11H2,1-4H3,(H,17,18)(H,19,20). The maximum absolute atomic E-state index is 11.6. The van der Waals surface area contributed by atoms with Crippen LogP contribution < -0.4 is 10.6 Å². The van der Waals surface area contributed by atoms with Gasteiger partial charge in [-0.2, -0.15) is 0 Å². The summed E-state index contributed by atoms with van der Waals surface area (Å²) >= 11 is 0. The normalized spacial score (nSPS) is 13.0. The number of amides is 1. The molecule has 0 aliphatic carbocycles. The Morgan fingerprint density at radius 2 is 1.90 bits per heavy atom. The summed E-state index contributed by atoms with van der Waals surface area (Å²) in [5, 5.41) is 14.7. The van der Waals surface area contributed by atoms with Gasteiger partial charge >= 0.3 is 5.97 Å². The van der Waals surface area contributed by atoms with Crippen LogP contribution in [-0.2, 0) is 9.59 Å². The van der Waals surface area contributed by atoms with Crippen LogP contribution in [0.5, 0.6) is 0 Å². The molecule has 1 atom stereocenters. The highest BCUT2D eigenvalue weighted by molar-refractivity contribution is 5.78. The molecule has 5 heteroatoms. The number of aliphatic carboxylic acids is 1. The van der Waals surface area contributed by atoms with Crippen LogP contribution in [0.4, 0.5) is 0 Å². The Balaban J connectivity index is 3.73. The van der Waals surface area contributed by atoms with Gasteiger partial charge < -0.3 is 15.7 Å². The van der Waals surface area contributed by atoms with Crippen molar-refractivity contribution in [2.75, 3.05) is 13.1 Å². The van der Waals surface area contributed by atoms with Crippen LogP contribution in [0.1, 0.15) is 59.8 Å². The quantitative estimate of drug-likeness (QED) is 0.509. The number of rotatable bonds is 11. The predicted octanol–water partition coefficient (Wildman–Crippen LogP) is 2.16. The third-order valence-corrected chi connectivity index (χ3v) is 3.41. The van der Waals surface area contributed by atoms with Gasteiger partial charge in [0.1, 0.15) is 0 Å². The highest BCUT2D eigenvalue weighted by atomic mass is 16.4. The Bertz CT molecular complexity index is 303. The fraction of sp³-hybridized carbons (Fsp3) is 0.867. The molecule has 1 amide bonds. The summed E-state index contributed by atoms with van der Waals surface area (Å²) in [5.41, 5.74) is -0.0165. The van der Waals surface area contributed by atoms with E-state index in [4.69, 9.17) is 5.11 Å². The molecule has 0 aromatic carbocycles. The first-order valence-corrected chi connectivity index (χ1v) is 7.48. The van der Waals surface area contributed by atoms with Gasteiger partial charge in [-0.25, -0.2) is 0 Å². The summed E-state index contributed by atoms with van der Waals surface area (Å²) in [4.78, 5) is 22.2. The molecular weight excluding hydrogens is 256 g/mol. The number of carboxylic acid groups (broad SMARTS) is 1. The van der Waals surface area contributed by atoms with Crippen molar-refractivity contribution in [1.82, 2.24) is 10.6 Å². The lowest BCUT2D eigenvalue weighted by molar-refractivity contribution is -0.137. The number of carbonyl (C=O) groups is 2. The van der Waals surface area contributed by atoms with Gasteiger partial charge in [0.05, 0.1) is 6.54 Å². The van der Waals surface area contributed by atoms with E-state index in [1.54, 1.807) is 0 Å². The Labute approximate surface area is 122 Å². The molecule has 1 unspecified atom stereocenters. The monoisotopic (exact) mass is 286 g/mol. The zero-order valence-electron chi connectivity index (χ0n) is 13.3.